The van der Waals surface area contributed by atoms with E-state index in [9.17, 15) is 14.9 Å². The fourth-order valence-electron chi connectivity index (χ4n) is 4.15. The lowest BCUT2D eigenvalue weighted by Gasteiger charge is -2.36. The van der Waals surface area contributed by atoms with Crippen molar-refractivity contribution in [1.29, 1.82) is 0 Å². The molecular weight excluding hydrogens is 332 g/mol. The summed E-state index contributed by atoms with van der Waals surface area (Å²) in [5.74, 6) is 0. The van der Waals surface area contributed by atoms with E-state index in [2.05, 4.69) is 16.9 Å². The molecule has 8 heteroatoms. The Labute approximate surface area is 143 Å². The number of nitro groups is 1. The Hall–Kier alpha value is -1.99. The van der Waals surface area contributed by atoms with Gasteiger partial charge in [-0.1, -0.05) is 11.6 Å². The largest absolute Gasteiger partial charge is 0.300 e. The van der Waals surface area contributed by atoms with E-state index < -0.39 is 4.92 Å². The van der Waals surface area contributed by atoms with Crippen LogP contribution in [0.4, 0.5) is 5.69 Å². The molecule has 2 aliphatic rings. The van der Waals surface area contributed by atoms with Crippen molar-refractivity contribution in [3.05, 3.63) is 44.0 Å². The molecule has 2 aliphatic heterocycles. The van der Waals surface area contributed by atoms with E-state index in [4.69, 9.17) is 11.6 Å². The molecule has 3 heterocycles. The maximum atomic E-state index is 12.9. The van der Waals surface area contributed by atoms with Crippen LogP contribution >= 0.6 is 11.6 Å². The van der Waals surface area contributed by atoms with Crippen LogP contribution < -0.4 is 5.56 Å². The summed E-state index contributed by atoms with van der Waals surface area (Å²) in [7, 11) is 2.15. The standard InChI is InChI=1S/C16H17ClN4O3/c1-19-9-2-3-10(19)5-11(4-9)20-8-18-14-7-15(21(23)24)13(17)6-12(14)16(20)22/h6-11H,2-5H2,1H3. The minimum Gasteiger partial charge on any atom is -0.300 e. The van der Waals surface area contributed by atoms with Crippen LogP contribution in [0.15, 0.2) is 23.3 Å². The van der Waals surface area contributed by atoms with Gasteiger partial charge < -0.3 is 4.90 Å². The number of benzene rings is 1. The lowest BCUT2D eigenvalue weighted by Crippen LogP contribution is -2.42. The number of piperidine rings is 1. The van der Waals surface area contributed by atoms with Gasteiger partial charge in [-0.05, 0) is 38.8 Å². The molecule has 0 amide bonds. The van der Waals surface area contributed by atoms with Gasteiger partial charge >= 0.3 is 0 Å². The molecular formula is C16H17ClN4O3. The normalized spacial score (nSPS) is 26.8. The van der Waals surface area contributed by atoms with Crippen LogP contribution in [0.1, 0.15) is 31.7 Å². The second-order valence-electron chi connectivity index (χ2n) is 6.71. The van der Waals surface area contributed by atoms with Gasteiger partial charge in [0.05, 0.1) is 22.2 Å². The van der Waals surface area contributed by atoms with E-state index in [0.29, 0.717) is 23.0 Å². The van der Waals surface area contributed by atoms with Gasteiger partial charge in [0.1, 0.15) is 5.02 Å². The maximum Gasteiger partial charge on any atom is 0.290 e. The smallest absolute Gasteiger partial charge is 0.290 e. The summed E-state index contributed by atoms with van der Waals surface area (Å²) in [6, 6.07) is 3.78. The third kappa shape index (κ3) is 2.31. The summed E-state index contributed by atoms with van der Waals surface area (Å²) in [5.41, 5.74) is -0.0971. The quantitative estimate of drug-likeness (QED) is 0.615. The van der Waals surface area contributed by atoms with Gasteiger partial charge in [0.25, 0.3) is 11.2 Å². The fraction of sp³-hybridized carbons (Fsp3) is 0.500. The molecule has 4 rings (SSSR count). The van der Waals surface area contributed by atoms with Crippen LogP contribution in [0.25, 0.3) is 10.9 Å². The minimum absolute atomic E-state index is 0.0346. The molecule has 2 atom stereocenters. The van der Waals surface area contributed by atoms with Crippen molar-refractivity contribution < 1.29 is 4.92 Å². The van der Waals surface area contributed by atoms with Gasteiger partial charge in [-0.3, -0.25) is 19.5 Å². The summed E-state index contributed by atoms with van der Waals surface area (Å²) in [6.07, 6.45) is 5.73. The van der Waals surface area contributed by atoms with Crippen LogP contribution in [-0.4, -0.2) is 38.5 Å². The lowest BCUT2D eigenvalue weighted by atomic mass is 9.97. The van der Waals surface area contributed by atoms with Gasteiger partial charge in [0.2, 0.25) is 0 Å². The number of nitrogens with zero attached hydrogens (tertiary/aromatic N) is 4. The monoisotopic (exact) mass is 348 g/mol. The fourth-order valence-corrected chi connectivity index (χ4v) is 4.39. The first-order valence-corrected chi connectivity index (χ1v) is 8.40. The highest BCUT2D eigenvalue weighted by Gasteiger charge is 2.39. The van der Waals surface area contributed by atoms with Crippen molar-refractivity contribution in [1.82, 2.24) is 14.5 Å². The molecule has 0 spiro atoms. The average molecular weight is 349 g/mol. The van der Waals surface area contributed by atoms with Crippen molar-refractivity contribution in [2.45, 2.75) is 43.8 Å². The number of halogens is 1. The topological polar surface area (TPSA) is 81.3 Å². The second kappa shape index (κ2) is 5.53. The van der Waals surface area contributed by atoms with Crippen LogP contribution in [-0.2, 0) is 0 Å². The minimum atomic E-state index is -0.566. The average Bonchev–Trinajstić information content (AvgIpc) is 2.76. The second-order valence-corrected chi connectivity index (χ2v) is 7.12. The molecule has 0 aliphatic carbocycles. The summed E-state index contributed by atoms with van der Waals surface area (Å²) in [6.45, 7) is 0. The van der Waals surface area contributed by atoms with Crippen molar-refractivity contribution in [3.63, 3.8) is 0 Å². The van der Waals surface area contributed by atoms with Crippen molar-refractivity contribution in [3.8, 4) is 0 Å². The SMILES string of the molecule is CN1C2CCC1CC(n1cnc3cc([N+](=O)[O-])c(Cl)cc3c1=O)C2. The highest BCUT2D eigenvalue weighted by Crippen LogP contribution is 2.39. The predicted octanol–water partition coefficient (Wildman–Crippen LogP) is 2.76. The molecule has 24 heavy (non-hydrogen) atoms. The molecule has 2 unspecified atom stereocenters. The first-order chi connectivity index (χ1) is 11.5. The molecule has 126 valence electrons. The highest BCUT2D eigenvalue weighted by molar-refractivity contribution is 6.33. The van der Waals surface area contributed by atoms with Crippen LogP contribution in [0.3, 0.4) is 0 Å². The lowest BCUT2D eigenvalue weighted by molar-refractivity contribution is -0.384. The first kappa shape index (κ1) is 15.5. The van der Waals surface area contributed by atoms with E-state index in [1.807, 2.05) is 0 Å². The molecule has 1 aromatic heterocycles. The van der Waals surface area contributed by atoms with Gasteiger partial charge in [-0.25, -0.2) is 4.98 Å². The molecule has 0 saturated carbocycles. The molecule has 0 N–H and O–H groups in total. The zero-order valence-electron chi connectivity index (χ0n) is 13.2. The Balaban J connectivity index is 1.78. The first-order valence-electron chi connectivity index (χ1n) is 8.02. The molecule has 7 nitrogen and oxygen atoms in total. The molecule has 1 aromatic carbocycles. The maximum absolute atomic E-state index is 12.9. The van der Waals surface area contributed by atoms with Crippen molar-refractivity contribution in [2.24, 2.45) is 0 Å². The number of nitro benzene ring substituents is 1. The molecule has 2 saturated heterocycles. The Morgan fingerprint density at radius 1 is 1.25 bits per heavy atom. The molecule has 2 fully saturated rings. The van der Waals surface area contributed by atoms with Crippen LogP contribution in [0.2, 0.25) is 5.02 Å². The van der Waals surface area contributed by atoms with E-state index in [1.165, 1.54) is 31.3 Å². The Bertz CT molecular complexity index is 883. The van der Waals surface area contributed by atoms with Gasteiger partial charge in [-0.2, -0.15) is 0 Å². The number of hydrogen-bond donors (Lipinski definition) is 0. The zero-order chi connectivity index (χ0) is 17.0. The predicted molar refractivity (Wildman–Crippen MR) is 90.5 cm³/mol. The van der Waals surface area contributed by atoms with Crippen molar-refractivity contribution in [2.75, 3.05) is 7.05 Å². The van der Waals surface area contributed by atoms with Gasteiger partial charge in [0, 0.05) is 24.2 Å². The van der Waals surface area contributed by atoms with Gasteiger partial charge in [0.15, 0.2) is 0 Å². The number of hydrogen-bond acceptors (Lipinski definition) is 5. The third-order valence-electron chi connectivity index (χ3n) is 5.51. The summed E-state index contributed by atoms with van der Waals surface area (Å²) >= 11 is 5.96. The van der Waals surface area contributed by atoms with E-state index >= 15 is 0 Å². The van der Waals surface area contributed by atoms with E-state index in [0.717, 1.165) is 12.8 Å². The van der Waals surface area contributed by atoms with Crippen molar-refractivity contribution >= 4 is 28.2 Å². The summed E-state index contributed by atoms with van der Waals surface area (Å²) in [4.78, 5) is 30.0. The molecule has 0 radical (unpaired) electrons. The van der Waals surface area contributed by atoms with Crippen LogP contribution in [0.5, 0.6) is 0 Å². The number of rotatable bonds is 2. The molecule has 2 aromatic rings. The highest BCUT2D eigenvalue weighted by atomic mass is 35.5. The Morgan fingerprint density at radius 2 is 1.92 bits per heavy atom. The number of aromatic nitrogens is 2. The van der Waals surface area contributed by atoms with Crippen LogP contribution in [0, 0.1) is 10.1 Å². The van der Waals surface area contributed by atoms with E-state index in [-0.39, 0.29) is 22.3 Å². The third-order valence-corrected chi connectivity index (χ3v) is 5.82. The Morgan fingerprint density at radius 3 is 2.54 bits per heavy atom. The molecule has 2 bridgehead atoms. The Kier molecular flexibility index (Phi) is 3.58. The summed E-state index contributed by atoms with van der Waals surface area (Å²) < 4.78 is 1.68. The van der Waals surface area contributed by atoms with E-state index in [1.54, 1.807) is 4.57 Å². The zero-order valence-corrected chi connectivity index (χ0v) is 13.9. The van der Waals surface area contributed by atoms with Gasteiger partial charge in [-0.15, -0.1) is 0 Å². The number of fused-ring (bicyclic) bond motifs is 3. The summed E-state index contributed by atoms with van der Waals surface area (Å²) in [5, 5.41) is 11.3.